The average molecular weight is 415 g/mol. The molecule has 29 heavy (non-hydrogen) atoms. The lowest BCUT2D eigenvalue weighted by molar-refractivity contribution is -0.120. The smallest absolute Gasteiger partial charge is 0.229 e. The monoisotopic (exact) mass is 414 g/mol. The predicted octanol–water partition coefficient (Wildman–Crippen LogP) is 4.78. The van der Waals surface area contributed by atoms with Crippen LogP contribution in [0.15, 0.2) is 24.3 Å². The second kappa shape index (κ2) is 9.96. The number of carbonyl (C=O) groups is 2. The van der Waals surface area contributed by atoms with Gasteiger partial charge in [0, 0.05) is 30.5 Å². The summed E-state index contributed by atoms with van der Waals surface area (Å²) in [4.78, 5) is 26.8. The van der Waals surface area contributed by atoms with E-state index in [9.17, 15) is 9.59 Å². The van der Waals surface area contributed by atoms with Crippen LogP contribution in [0.5, 0.6) is 0 Å². The van der Waals surface area contributed by atoms with Crippen molar-refractivity contribution in [3.05, 3.63) is 34.8 Å². The zero-order valence-electron chi connectivity index (χ0n) is 17.5. The topological polar surface area (TPSA) is 75.2 Å². The zero-order valence-corrected chi connectivity index (χ0v) is 18.3. The Morgan fingerprint density at radius 2 is 2.00 bits per heavy atom. The number of carbonyl (C=O) groups excluding carboxylic acids is 2. The van der Waals surface area contributed by atoms with Gasteiger partial charge in [0.25, 0.3) is 0 Å². The van der Waals surface area contributed by atoms with E-state index in [4.69, 9.17) is 0 Å². The van der Waals surface area contributed by atoms with Crippen molar-refractivity contribution in [2.45, 2.75) is 65.2 Å². The highest BCUT2D eigenvalue weighted by molar-refractivity contribution is 7.15. The number of amides is 2. The molecule has 2 heterocycles. The standard InChI is InChI=1S/C22H30N4O2S/c1-4-7-8-16(6-3)20(28)23-22-25-24-21(29-22)17-13-19(27)26(14-17)18-11-9-15(5-2)10-12-18/h9-12,16-17H,4-8,13-14H2,1-3H3,(H,23,25,28). The molecule has 1 N–H and O–H groups in total. The quantitative estimate of drug-likeness (QED) is 0.641. The molecule has 2 unspecified atom stereocenters. The first-order valence-corrected chi connectivity index (χ1v) is 11.4. The van der Waals surface area contributed by atoms with Crippen LogP contribution in [0, 0.1) is 5.92 Å². The first-order chi connectivity index (χ1) is 14.0. The van der Waals surface area contributed by atoms with E-state index in [2.05, 4.69) is 41.5 Å². The van der Waals surface area contributed by atoms with Gasteiger partial charge in [0.05, 0.1) is 0 Å². The van der Waals surface area contributed by atoms with Crippen LogP contribution in [-0.4, -0.2) is 28.6 Å². The summed E-state index contributed by atoms with van der Waals surface area (Å²) >= 11 is 1.38. The van der Waals surface area contributed by atoms with Gasteiger partial charge in [-0.1, -0.05) is 57.1 Å². The molecule has 1 fully saturated rings. The molecule has 0 aliphatic carbocycles. The Hall–Kier alpha value is -2.28. The second-order valence-corrected chi connectivity index (χ2v) is 8.62. The summed E-state index contributed by atoms with van der Waals surface area (Å²) in [5.74, 6) is 0.143. The summed E-state index contributed by atoms with van der Waals surface area (Å²) in [6.07, 6.45) is 5.25. The first kappa shape index (κ1) is 21.4. The Labute approximate surface area is 176 Å². The number of anilines is 2. The predicted molar refractivity (Wildman–Crippen MR) is 117 cm³/mol. The van der Waals surface area contributed by atoms with Crippen molar-refractivity contribution >= 4 is 34.0 Å². The molecule has 0 spiro atoms. The SMILES string of the molecule is CCCCC(CC)C(=O)Nc1nnc(C2CC(=O)N(c3ccc(CC)cc3)C2)s1. The van der Waals surface area contributed by atoms with Gasteiger partial charge < -0.3 is 10.2 Å². The number of hydrogen-bond acceptors (Lipinski definition) is 5. The van der Waals surface area contributed by atoms with Gasteiger partial charge >= 0.3 is 0 Å². The summed E-state index contributed by atoms with van der Waals surface area (Å²) in [5, 5.41) is 12.7. The summed E-state index contributed by atoms with van der Waals surface area (Å²) in [7, 11) is 0. The third-order valence-electron chi connectivity index (χ3n) is 5.57. The van der Waals surface area contributed by atoms with Crippen LogP contribution in [0.25, 0.3) is 0 Å². The fraction of sp³-hybridized carbons (Fsp3) is 0.545. The van der Waals surface area contributed by atoms with Crippen molar-refractivity contribution in [1.82, 2.24) is 10.2 Å². The van der Waals surface area contributed by atoms with E-state index in [1.54, 1.807) is 0 Å². The number of hydrogen-bond donors (Lipinski definition) is 1. The van der Waals surface area contributed by atoms with Crippen LogP contribution < -0.4 is 10.2 Å². The number of rotatable bonds is 9. The molecule has 0 saturated carbocycles. The fourth-order valence-corrected chi connectivity index (χ4v) is 4.50. The molecule has 1 aliphatic heterocycles. The van der Waals surface area contributed by atoms with Gasteiger partial charge in [0.2, 0.25) is 16.9 Å². The van der Waals surface area contributed by atoms with Gasteiger partial charge in [-0.15, -0.1) is 10.2 Å². The lowest BCUT2D eigenvalue weighted by Gasteiger charge is -2.16. The lowest BCUT2D eigenvalue weighted by atomic mass is 9.99. The Kier molecular flexibility index (Phi) is 7.36. The number of benzene rings is 1. The van der Waals surface area contributed by atoms with Gasteiger partial charge in [-0.25, -0.2) is 0 Å². The van der Waals surface area contributed by atoms with E-state index in [0.717, 1.165) is 42.8 Å². The molecule has 156 valence electrons. The lowest BCUT2D eigenvalue weighted by Crippen LogP contribution is -2.24. The van der Waals surface area contributed by atoms with Crippen molar-refractivity contribution in [3.8, 4) is 0 Å². The molecule has 1 aromatic carbocycles. The van der Waals surface area contributed by atoms with Gasteiger partial charge in [-0.2, -0.15) is 0 Å². The number of aromatic nitrogens is 2. The summed E-state index contributed by atoms with van der Waals surface area (Å²) in [5.41, 5.74) is 2.18. The first-order valence-electron chi connectivity index (χ1n) is 10.6. The van der Waals surface area contributed by atoms with Crippen LogP contribution >= 0.6 is 11.3 Å². The molecule has 0 bridgehead atoms. The van der Waals surface area contributed by atoms with Gasteiger partial charge in [-0.3, -0.25) is 9.59 Å². The van der Waals surface area contributed by atoms with E-state index >= 15 is 0 Å². The maximum Gasteiger partial charge on any atom is 0.229 e. The van der Waals surface area contributed by atoms with E-state index < -0.39 is 0 Å². The van der Waals surface area contributed by atoms with Gasteiger partial charge in [0.15, 0.2) is 0 Å². The molecule has 7 heteroatoms. The third-order valence-corrected chi connectivity index (χ3v) is 6.57. The van der Waals surface area contributed by atoms with E-state index in [1.807, 2.05) is 24.0 Å². The van der Waals surface area contributed by atoms with Crippen molar-refractivity contribution in [1.29, 1.82) is 0 Å². The van der Waals surface area contributed by atoms with Gasteiger partial charge in [-0.05, 0) is 37.0 Å². The van der Waals surface area contributed by atoms with Crippen LogP contribution in [0.3, 0.4) is 0 Å². The van der Waals surface area contributed by atoms with Crippen molar-refractivity contribution in [2.24, 2.45) is 5.92 Å². The average Bonchev–Trinajstić information content (AvgIpc) is 3.35. The number of nitrogens with one attached hydrogen (secondary N) is 1. The summed E-state index contributed by atoms with van der Waals surface area (Å²) in [6, 6.07) is 8.15. The third kappa shape index (κ3) is 5.21. The zero-order chi connectivity index (χ0) is 20.8. The number of unbranched alkanes of at least 4 members (excludes halogenated alkanes) is 1. The molecule has 0 radical (unpaired) electrons. The highest BCUT2D eigenvalue weighted by Gasteiger charge is 2.34. The normalized spacial score (nSPS) is 17.6. The molecule has 1 aromatic heterocycles. The molecule has 2 atom stereocenters. The highest BCUT2D eigenvalue weighted by Crippen LogP contribution is 2.34. The maximum atomic E-state index is 12.5. The molecule has 1 saturated heterocycles. The molecular weight excluding hydrogens is 384 g/mol. The molecule has 2 amide bonds. The van der Waals surface area contributed by atoms with Gasteiger partial charge in [0.1, 0.15) is 5.01 Å². The van der Waals surface area contributed by atoms with Crippen LogP contribution in [0.4, 0.5) is 10.8 Å². The summed E-state index contributed by atoms with van der Waals surface area (Å²) in [6.45, 7) is 6.88. The minimum Gasteiger partial charge on any atom is -0.312 e. The molecule has 1 aliphatic rings. The Morgan fingerprint density at radius 1 is 1.24 bits per heavy atom. The molecular formula is C22H30N4O2S. The molecule has 3 rings (SSSR count). The van der Waals surface area contributed by atoms with Crippen molar-refractivity contribution in [2.75, 3.05) is 16.8 Å². The van der Waals surface area contributed by atoms with E-state index in [1.165, 1.54) is 16.9 Å². The van der Waals surface area contributed by atoms with Crippen molar-refractivity contribution in [3.63, 3.8) is 0 Å². The van der Waals surface area contributed by atoms with Crippen molar-refractivity contribution < 1.29 is 9.59 Å². The Bertz CT molecular complexity index is 834. The second-order valence-electron chi connectivity index (χ2n) is 7.61. The Morgan fingerprint density at radius 3 is 2.66 bits per heavy atom. The minimum absolute atomic E-state index is 0.0111. The fourth-order valence-electron chi connectivity index (χ4n) is 3.66. The number of aryl methyl sites for hydroxylation is 1. The summed E-state index contributed by atoms with van der Waals surface area (Å²) < 4.78 is 0. The van der Waals surface area contributed by atoms with E-state index in [0.29, 0.717) is 18.1 Å². The number of nitrogens with zero attached hydrogens (tertiary/aromatic N) is 3. The van der Waals surface area contributed by atoms with Crippen LogP contribution in [-0.2, 0) is 16.0 Å². The Balaban J connectivity index is 1.63. The van der Waals surface area contributed by atoms with Crippen LogP contribution in [0.1, 0.15) is 69.4 Å². The molecule has 6 nitrogen and oxygen atoms in total. The minimum atomic E-state index is 0.0111. The maximum absolute atomic E-state index is 12.5. The van der Waals surface area contributed by atoms with E-state index in [-0.39, 0.29) is 23.7 Å². The van der Waals surface area contributed by atoms with Crippen LogP contribution in [0.2, 0.25) is 0 Å². The molecule has 2 aromatic rings. The largest absolute Gasteiger partial charge is 0.312 e. The highest BCUT2D eigenvalue weighted by atomic mass is 32.1.